The number of benzene rings is 1. The molecule has 3 nitrogen and oxygen atoms in total. The number of hydrogen-bond donors (Lipinski definition) is 2. The first-order chi connectivity index (χ1) is 10.1. The predicted molar refractivity (Wildman–Crippen MR) is 86.3 cm³/mol. The fraction of sp³-hybridized carbons (Fsp3) is 0.667. The van der Waals surface area contributed by atoms with Gasteiger partial charge in [-0.05, 0) is 48.8 Å². The molecule has 0 bridgehead atoms. The molecule has 116 valence electrons. The van der Waals surface area contributed by atoms with E-state index in [1.165, 1.54) is 24.8 Å². The molecule has 2 fully saturated rings. The highest BCUT2D eigenvalue weighted by Crippen LogP contribution is 2.37. The molecule has 2 N–H and O–H groups in total. The number of piperazine rings is 1. The van der Waals surface area contributed by atoms with Gasteiger partial charge in [0.15, 0.2) is 0 Å². The van der Waals surface area contributed by atoms with E-state index in [1.807, 2.05) is 0 Å². The lowest BCUT2D eigenvalue weighted by molar-refractivity contribution is 0.100. The fourth-order valence-corrected chi connectivity index (χ4v) is 3.59. The first-order valence-corrected chi connectivity index (χ1v) is 8.37. The molecule has 1 saturated heterocycles. The van der Waals surface area contributed by atoms with Gasteiger partial charge in [-0.3, -0.25) is 4.90 Å². The van der Waals surface area contributed by atoms with Gasteiger partial charge in [-0.25, -0.2) is 0 Å². The summed E-state index contributed by atoms with van der Waals surface area (Å²) < 4.78 is 0. The zero-order valence-corrected chi connectivity index (χ0v) is 13.3. The van der Waals surface area contributed by atoms with E-state index < -0.39 is 0 Å². The molecule has 2 aliphatic rings. The van der Waals surface area contributed by atoms with E-state index >= 15 is 0 Å². The molecule has 1 aliphatic carbocycles. The Bertz CT molecular complexity index is 453. The number of phenols is 1. The van der Waals surface area contributed by atoms with Crippen molar-refractivity contribution in [2.75, 3.05) is 13.1 Å². The van der Waals surface area contributed by atoms with Crippen molar-refractivity contribution >= 4 is 0 Å². The maximum Gasteiger partial charge on any atom is 0.115 e. The largest absolute Gasteiger partial charge is 0.508 e. The van der Waals surface area contributed by atoms with Crippen LogP contribution in [0.2, 0.25) is 0 Å². The second-order valence-corrected chi connectivity index (χ2v) is 7.24. The third kappa shape index (κ3) is 3.98. The Morgan fingerprint density at radius 1 is 1.24 bits per heavy atom. The lowest BCUT2D eigenvalue weighted by Gasteiger charge is -2.41. The van der Waals surface area contributed by atoms with E-state index in [4.69, 9.17) is 0 Å². The van der Waals surface area contributed by atoms with E-state index in [9.17, 15) is 5.11 Å². The van der Waals surface area contributed by atoms with Crippen LogP contribution in [-0.2, 0) is 6.54 Å². The van der Waals surface area contributed by atoms with Gasteiger partial charge in [-0.1, -0.05) is 26.0 Å². The highest BCUT2D eigenvalue weighted by molar-refractivity contribution is 5.26. The van der Waals surface area contributed by atoms with Crippen molar-refractivity contribution < 1.29 is 5.11 Å². The minimum absolute atomic E-state index is 0.357. The summed E-state index contributed by atoms with van der Waals surface area (Å²) in [5.74, 6) is 2.00. The Labute approximate surface area is 128 Å². The highest BCUT2D eigenvalue weighted by Gasteiger charge is 2.38. The maximum absolute atomic E-state index is 9.43. The Hall–Kier alpha value is -1.06. The lowest BCUT2D eigenvalue weighted by atomic mass is 9.97. The van der Waals surface area contributed by atoms with E-state index in [0.717, 1.165) is 31.5 Å². The normalized spacial score (nSPS) is 27.2. The molecular formula is C18H28N2O. The summed E-state index contributed by atoms with van der Waals surface area (Å²) in [5, 5.41) is 13.2. The Kier molecular flexibility index (Phi) is 4.51. The number of rotatable bonds is 5. The maximum atomic E-state index is 9.43. The zero-order valence-electron chi connectivity index (χ0n) is 13.3. The lowest BCUT2D eigenvalue weighted by Crippen LogP contribution is -2.57. The van der Waals surface area contributed by atoms with Crippen LogP contribution in [0.15, 0.2) is 24.3 Å². The van der Waals surface area contributed by atoms with Crippen molar-refractivity contribution in [2.24, 2.45) is 11.8 Å². The molecule has 1 aromatic carbocycles. The van der Waals surface area contributed by atoms with Crippen LogP contribution >= 0.6 is 0 Å². The molecule has 1 heterocycles. The van der Waals surface area contributed by atoms with Crippen molar-refractivity contribution in [1.82, 2.24) is 10.2 Å². The molecule has 0 spiro atoms. The van der Waals surface area contributed by atoms with Crippen molar-refractivity contribution in [3.05, 3.63) is 29.8 Å². The summed E-state index contributed by atoms with van der Waals surface area (Å²) in [6, 6.07) is 9.03. The second kappa shape index (κ2) is 6.37. The van der Waals surface area contributed by atoms with Crippen molar-refractivity contribution in [2.45, 2.75) is 51.7 Å². The fourth-order valence-electron chi connectivity index (χ4n) is 3.59. The average Bonchev–Trinajstić information content (AvgIpc) is 3.25. The SMILES string of the molecule is CC(C)CC1CN(Cc2ccc(O)cc2)C(C2CC2)CN1. The Morgan fingerprint density at radius 3 is 2.57 bits per heavy atom. The first-order valence-electron chi connectivity index (χ1n) is 8.37. The minimum atomic E-state index is 0.357. The molecule has 3 rings (SSSR count). The number of hydrogen-bond acceptors (Lipinski definition) is 3. The van der Waals surface area contributed by atoms with Crippen LogP contribution < -0.4 is 5.32 Å². The smallest absolute Gasteiger partial charge is 0.115 e. The van der Waals surface area contributed by atoms with E-state index in [-0.39, 0.29) is 0 Å². The van der Waals surface area contributed by atoms with E-state index in [0.29, 0.717) is 17.8 Å². The van der Waals surface area contributed by atoms with Gasteiger partial charge in [0, 0.05) is 31.7 Å². The third-order valence-electron chi connectivity index (χ3n) is 4.78. The van der Waals surface area contributed by atoms with Gasteiger partial charge in [-0.15, -0.1) is 0 Å². The summed E-state index contributed by atoms with van der Waals surface area (Å²) in [4.78, 5) is 2.67. The van der Waals surface area contributed by atoms with Crippen LogP contribution in [0.3, 0.4) is 0 Å². The quantitative estimate of drug-likeness (QED) is 0.874. The van der Waals surface area contributed by atoms with Gasteiger partial charge in [0.05, 0.1) is 0 Å². The van der Waals surface area contributed by atoms with Gasteiger partial charge in [0.25, 0.3) is 0 Å². The van der Waals surface area contributed by atoms with Gasteiger partial charge in [0.1, 0.15) is 5.75 Å². The number of aromatic hydroxyl groups is 1. The van der Waals surface area contributed by atoms with Crippen molar-refractivity contribution in [3.63, 3.8) is 0 Å². The van der Waals surface area contributed by atoms with Crippen LogP contribution in [0.1, 0.15) is 38.7 Å². The molecule has 1 saturated carbocycles. The molecule has 2 atom stereocenters. The predicted octanol–water partition coefficient (Wildman–Crippen LogP) is 2.99. The van der Waals surface area contributed by atoms with Crippen LogP contribution in [0.4, 0.5) is 0 Å². The molecule has 0 amide bonds. The summed E-state index contributed by atoms with van der Waals surface area (Å²) in [7, 11) is 0. The van der Waals surface area contributed by atoms with Gasteiger partial charge in [-0.2, -0.15) is 0 Å². The Morgan fingerprint density at radius 2 is 1.95 bits per heavy atom. The molecule has 1 aromatic rings. The minimum Gasteiger partial charge on any atom is -0.508 e. The number of nitrogens with zero attached hydrogens (tertiary/aromatic N) is 1. The van der Waals surface area contributed by atoms with Crippen LogP contribution in [-0.4, -0.2) is 35.2 Å². The van der Waals surface area contributed by atoms with E-state index in [2.05, 4.69) is 36.2 Å². The molecule has 0 aromatic heterocycles. The summed E-state index contributed by atoms with van der Waals surface area (Å²) in [6.07, 6.45) is 4.05. The highest BCUT2D eigenvalue weighted by atomic mass is 16.3. The van der Waals surface area contributed by atoms with Gasteiger partial charge >= 0.3 is 0 Å². The molecule has 21 heavy (non-hydrogen) atoms. The summed E-state index contributed by atoms with van der Waals surface area (Å²) in [5.41, 5.74) is 1.31. The molecule has 3 heteroatoms. The van der Waals surface area contributed by atoms with Crippen LogP contribution in [0, 0.1) is 11.8 Å². The van der Waals surface area contributed by atoms with E-state index in [1.54, 1.807) is 12.1 Å². The molecular weight excluding hydrogens is 260 g/mol. The zero-order chi connectivity index (χ0) is 14.8. The number of phenolic OH excluding ortho intramolecular Hbond substituents is 1. The molecule has 2 unspecified atom stereocenters. The monoisotopic (exact) mass is 288 g/mol. The van der Waals surface area contributed by atoms with Crippen LogP contribution in [0.5, 0.6) is 5.75 Å². The second-order valence-electron chi connectivity index (χ2n) is 7.24. The van der Waals surface area contributed by atoms with Gasteiger partial charge < -0.3 is 10.4 Å². The standard InChI is InChI=1S/C18H28N2O/c1-13(2)9-16-12-20(18(10-19-16)15-5-6-15)11-14-3-7-17(21)8-4-14/h3-4,7-8,13,15-16,18-19,21H,5-6,9-12H2,1-2H3. The topological polar surface area (TPSA) is 35.5 Å². The van der Waals surface area contributed by atoms with Crippen molar-refractivity contribution in [1.29, 1.82) is 0 Å². The first kappa shape index (κ1) is 14.9. The summed E-state index contributed by atoms with van der Waals surface area (Å²) in [6.45, 7) is 7.91. The number of nitrogens with one attached hydrogen (secondary N) is 1. The van der Waals surface area contributed by atoms with Crippen LogP contribution in [0.25, 0.3) is 0 Å². The Balaban J connectivity index is 1.66. The average molecular weight is 288 g/mol. The third-order valence-corrected chi connectivity index (χ3v) is 4.78. The van der Waals surface area contributed by atoms with Gasteiger partial charge in [0.2, 0.25) is 0 Å². The molecule has 1 aliphatic heterocycles. The van der Waals surface area contributed by atoms with Crippen molar-refractivity contribution in [3.8, 4) is 5.75 Å². The summed E-state index contributed by atoms with van der Waals surface area (Å²) >= 11 is 0. The molecule has 0 radical (unpaired) electrons.